The number of rotatable bonds is 5. The second-order valence-electron chi connectivity index (χ2n) is 5.75. The Morgan fingerprint density at radius 1 is 1.10 bits per heavy atom. The van der Waals surface area contributed by atoms with Crippen LogP contribution in [0.3, 0.4) is 0 Å². The number of nitrogens with one attached hydrogen (secondary N) is 2. The minimum atomic E-state index is -1.17. The van der Waals surface area contributed by atoms with Gasteiger partial charge in [-0.3, -0.25) is 10.1 Å². The lowest BCUT2D eigenvalue weighted by Gasteiger charge is -2.27. The van der Waals surface area contributed by atoms with Crippen LogP contribution in [0.25, 0.3) is 0 Å². The topological polar surface area (TPSA) is 95.5 Å². The van der Waals surface area contributed by atoms with Gasteiger partial charge in [-0.2, -0.15) is 0 Å². The summed E-state index contributed by atoms with van der Waals surface area (Å²) in [4.78, 5) is 34.3. The SMILES string of the molecule is CCC1(CNC(=O)NC(=O)C(C)=C(C)C(=O)O)CCCC1. The summed E-state index contributed by atoms with van der Waals surface area (Å²) in [7, 11) is 0. The van der Waals surface area contributed by atoms with Crippen LogP contribution >= 0.6 is 0 Å². The zero-order valence-corrected chi connectivity index (χ0v) is 12.9. The first kappa shape index (κ1) is 17.2. The number of imide groups is 1. The van der Waals surface area contributed by atoms with E-state index in [1.807, 2.05) is 0 Å². The van der Waals surface area contributed by atoms with E-state index in [1.54, 1.807) is 0 Å². The van der Waals surface area contributed by atoms with E-state index in [1.165, 1.54) is 26.7 Å². The Morgan fingerprint density at radius 2 is 1.67 bits per heavy atom. The van der Waals surface area contributed by atoms with E-state index in [0.717, 1.165) is 19.3 Å². The summed E-state index contributed by atoms with van der Waals surface area (Å²) in [6, 6.07) is -0.572. The second-order valence-corrected chi connectivity index (χ2v) is 5.75. The van der Waals surface area contributed by atoms with Crippen molar-refractivity contribution in [3.05, 3.63) is 11.1 Å². The molecule has 0 saturated heterocycles. The molecule has 3 amide bonds. The summed E-state index contributed by atoms with van der Waals surface area (Å²) in [6.45, 7) is 5.37. The van der Waals surface area contributed by atoms with Crippen LogP contribution in [0, 0.1) is 5.41 Å². The summed E-state index contributed by atoms with van der Waals surface area (Å²) in [6.07, 6.45) is 5.54. The zero-order chi connectivity index (χ0) is 16.0. The van der Waals surface area contributed by atoms with Gasteiger partial charge in [0.2, 0.25) is 0 Å². The average molecular weight is 296 g/mol. The van der Waals surface area contributed by atoms with Gasteiger partial charge in [0.25, 0.3) is 5.91 Å². The molecule has 118 valence electrons. The van der Waals surface area contributed by atoms with E-state index in [2.05, 4.69) is 17.6 Å². The number of carbonyl (C=O) groups is 3. The van der Waals surface area contributed by atoms with Gasteiger partial charge in [-0.1, -0.05) is 19.8 Å². The van der Waals surface area contributed by atoms with E-state index >= 15 is 0 Å². The van der Waals surface area contributed by atoms with Gasteiger partial charge >= 0.3 is 12.0 Å². The highest BCUT2D eigenvalue weighted by molar-refractivity contribution is 6.07. The molecule has 1 fully saturated rings. The van der Waals surface area contributed by atoms with Crippen molar-refractivity contribution < 1.29 is 19.5 Å². The molecule has 0 unspecified atom stereocenters. The Bertz CT molecular complexity index is 462. The Morgan fingerprint density at radius 3 is 2.14 bits per heavy atom. The maximum atomic E-state index is 11.8. The van der Waals surface area contributed by atoms with Crippen LogP contribution in [-0.4, -0.2) is 29.6 Å². The standard InChI is InChI=1S/C15H24N2O4/c1-4-15(7-5-6-8-15)9-16-14(21)17-12(18)10(2)11(3)13(19)20/h4-9H2,1-3H3,(H,19,20)(H2,16,17,18,21). The minimum absolute atomic E-state index is 0.0312. The van der Waals surface area contributed by atoms with Crippen LogP contribution in [0.4, 0.5) is 4.79 Å². The maximum Gasteiger partial charge on any atom is 0.331 e. The lowest BCUT2D eigenvalue weighted by atomic mass is 9.83. The number of aliphatic carboxylic acids is 1. The molecule has 21 heavy (non-hydrogen) atoms. The molecule has 0 bridgehead atoms. The highest BCUT2D eigenvalue weighted by atomic mass is 16.4. The maximum absolute atomic E-state index is 11.8. The van der Waals surface area contributed by atoms with Crippen molar-refractivity contribution in [1.29, 1.82) is 0 Å². The largest absolute Gasteiger partial charge is 0.478 e. The third-order valence-electron chi connectivity index (χ3n) is 4.49. The quantitative estimate of drug-likeness (QED) is 0.678. The first-order valence-electron chi connectivity index (χ1n) is 7.31. The number of carboxylic acid groups (broad SMARTS) is 1. The van der Waals surface area contributed by atoms with Crippen molar-refractivity contribution in [1.82, 2.24) is 10.6 Å². The minimum Gasteiger partial charge on any atom is -0.478 e. The highest BCUT2D eigenvalue weighted by Crippen LogP contribution is 2.40. The normalized spacial score (nSPS) is 17.9. The molecular formula is C15H24N2O4. The first-order valence-corrected chi connectivity index (χ1v) is 7.31. The van der Waals surface area contributed by atoms with Gasteiger partial charge in [0, 0.05) is 17.7 Å². The van der Waals surface area contributed by atoms with Gasteiger partial charge in [0.15, 0.2) is 0 Å². The molecule has 0 aliphatic heterocycles. The zero-order valence-electron chi connectivity index (χ0n) is 12.9. The molecule has 0 radical (unpaired) electrons. The molecule has 0 heterocycles. The predicted molar refractivity (Wildman–Crippen MR) is 78.7 cm³/mol. The van der Waals surface area contributed by atoms with Gasteiger partial charge in [0.05, 0.1) is 0 Å². The molecule has 6 nitrogen and oxygen atoms in total. The fraction of sp³-hybridized carbons (Fsp3) is 0.667. The highest BCUT2D eigenvalue weighted by Gasteiger charge is 2.32. The molecule has 6 heteroatoms. The molecule has 1 rings (SSSR count). The summed E-state index contributed by atoms with van der Waals surface area (Å²) in [5.41, 5.74) is 0.104. The van der Waals surface area contributed by atoms with Crippen LogP contribution in [0.1, 0.15) is 52.9 Å². The second kappa shape index (κ2) is 7.24. The molecule has 1 saturated carbocycles. The fourth-order valence-corrected chi connectivity index (χ4v) is 2.62. The van der Waals surface area contributed by atoms with Gasteiger partial charge in [-0.05, 0) is 38.5 Å². The van der Waals surface area contributed by atoms with Crippen LogP contribution in [0.5, 0.6) is 0 Å². The number of carboxylic acids is 1. The smallest absolute Gasteiger partial charge is 0.331 e. The Hall–Kier alpha value is -1.85. The van der Waals surface area contributed by atoms with E-state index in [-0.39, 0.29) is 16.6 Å². The number of amides is 3. The third-order valence-corrected chi connectivity index (χ3v) is 4.49. The van der Waals surface area contributed by atoms with E-state index in [0.29, 0.717) is 6.54 Å². The summed E-state index contributed by atoms with van der Waals surface area (Å²) >= 11 is 0. The molecule has 0 aromatic carbocycles. The monoisotopic (exact) mass is 296 g/mol. The van der Waals surface area contributed by atoms with Crippen LogP contribution in [0.15, 0.2) is 11.1 Å². The van der Waals surface area contributed by atoms with Crippen molar-refractivity contribution in [2.75, 3.05) is 6.54 Å². The molecule has 0 aromatic rings. The Kier molecular flexibility index (Phi) is 5.93. The fourth-order valence-electron chi connectivity index (χ4n) is 2.62. The van der Waals surface area contributed by atoms with Crippen molar-refractivity contribution in [3.8, 4) is 0 Å². The number of hydrogen-bond donors (Lipinski definition) is 3. The van der Waals surface area contributed by atoms with Gasteiger partial charge < -0.3 is 10.4 Å². The summed E-state index contributed by atoms with van der Waals surface area (Å²) in [5, 5.41) is 13.7. The molecule has 3 N–H and O–H groups in total. The van der Waals surface area contributed by atoms with Crippen molar-refractivity contribution >= 4 is 17.9 Å². The van der Waals surface area contributed by atoms with E-state index < -0.39 is 17.9 Å². The summed E-state index contributed by atoms with van der Waals surface area (Å²) < 4.78 is 0. The first-order chi connectivity index (χ1) is 9.81. The summed E-state index contributed by atoms with van der Waals surface area (Å²) in [5.74, 6) is -1.84. The third kappa shape index (κ3) is 4.58. The lowest BCUT2D eigenvalue weighted by Crippen LogP contribution is -2.44. The Balaban J connectivity index is 2.52. The van der Waals surface area contributed by atoms with Crippen LogP contribution in [-0.2, 0) is 9.59 Å². The molecule has 0 atom stereocenters. The number of urea groups is 1. The molecular weight excluding hydrogens is 272 g/mol. The van der Waals surface area contributed by atoms with Gasteiger partial charge in [0.1, 0.15) is 0 Å². The van der Waals surface area contributed by atoms with Crippen molar-refractivity contribution in [2.24, 2.45) is 5.41 Å². The lowest BCUT2D eigenvalue weighted by molar-refractivity contribution is -0.133. The Labute approximate surface area is 125 Å². The molecule has 0 aromatic heterocycles. The van der Waals surface area contributed by atoms with Crippen LogP contribution in [0.2, 0.25) is 0 Å². The molecule has 1 aliphatic carbocycles. The van der Waals surface area contributed by atoms with E-state index in [9.17, 15) is 14.4 Å². The van der Waals surface area contributed by atoms with Gasteiger partial charge in [-0.15, -0.1) is 0 Å². The predicted octanol–water partition coefficient (Wildman–Crippen LogP) is 2.20. The number of hydrogen-bond acceptors (Lipinski definition) is 3. The van der Waals surface area contributed by atoms with Crippen molar-refractivity contribution in [2.45, 2.75) is 52.9 Å². The average Bonchev–Trinajstić information content (AvgIpc) is 2.92. The van der Waals surface area contributed by atoms with Crippen LogP contribution < -0.4 is 10.6 Å². The van der Waals surface area contributed by atoms with Gasteiger partial charge in [-0.25, -0.2) is 9.59 Å². The molecule has 0 spiro atoms. The van der Waals surface area contributed by atoms with Crippen molar-refractivity contribution in [3.63, 3.8) is 0 Å². The molecule has 1 aliphatic rings. The number of carbonyl (C=O) groups excluding carboxylic acids is 2. The van der Waals surface area contributed by atoms with E-state index in [4.69, 9.17) is 5.11 Å².